The van der Waals surface area contributed by atoms with Crippen LogP contribution in [-0.4, -0.2) is 40.7 Å². The highest BCUT2D eigenvalue weighted by atomic mass is 32.1. The Hall–Kier alpha value is -1.95. The summed E-state index contributed by atoms with van der Waals surface area (Å²) in [4.78, 5) is 6.81. The molecule has 0 saturated carbocycles. The molecule has 0 spiro atoms. The Morgan fingerprint density at radius 3 is 2.75 bits per heavy atom. The molecule has 3 aromatic rings. The van der Waals surface area contributed by atoms with Gasteiger partial charge in [0, 0.05) is 19.6 Å². The second kappa shape index (κ2) is 6.89. The van der Waals surface area contributed by atoms with E-state index in [9.17, 15) is 5.11 Å². The quantitative estimate of drug-likeness (QED) is 0.769. The molecule has 0 amide bonds. The molecule has 0 bridgehead atoms. The second-order valence-corrected chi connectivity index (χ2v) is 7.18. The molecule has 0 radical (unpaired) electrons. The summed E-state index contributed by atoms with van der Waals surface area (Å²) in [6.45, 7) is 2.80. The van der Waals surface area contributed by atoms with Crippen LogP contribution in [0, 0.1) is 0 Å². The lowest BCUT2D eigenvalue weighted by Crippen LogP contribution is -2.24. The molecule has 1 saturated heterocycles. The SMILES string of the molecule is O[C@H]1CCN(CCc2ccc(Oc3nc4ccccc4s3)cc2)C1. The molecule has 1 aliphatic heterocycles. The third kappa shape index (κ3) is 3.59. The van der Waals surface area contributed by atoms with Gasteiger partial charge in [0.1, 0.15) is 5.75 Å². The molecule has 4 nitrogen and oxygen atoms in total. The van der Waals surface area contributed by atoms with Crippen molar-refractivity contribution in [1.82, 2.24) is 9.88 Å². The van der Waals surface area contributed by atoms with Gasteiger partial charge in [-0.15, -0.1) is 0 Å². The first-order valence-electron chi connectivity index (χ1n) is 8.29. The normalized spacial score (nSPS) is 18.3. The monoisotopic (exact) mass is 340 g/mol. The van der Waals surface area contributed by atoms with Gasteiger partial charge in [0.15, 0.2) is 0 Å². The smallest absolute Gasteiger partial charge is 0.279 e. The lowest BCUT2D eigenvalue weighted by molar-refractivity contribution is 0.177. The Morgan fingerprint density at radius 2 is 2.00 bits per heavy atom. The van der Waals surface area contributed by atoms with Gasteiger partial charge in [0.25, 0.3) is 5.19 Å². The van der Waals surface area contributed by atoms with Crippen LogP contribution in [0.3, 0.4) is 0 Å². The van der Waals surface area contributed by atoms with E-state index in [1.807, 2.05) is 30.3 Å². The van der Waals surface area contributed by atoms with E-state index in [4.69, 9.17) is 4.74 Å². The molecule has 1 N–H and O–H groups in total. The van der Waals surface area contributed by atoms with Gasteiger partial charge in [-0.1, -0.05) is 35.6 Å². The third-order valence-corrected chi connectivity index (χ3v) is 5.28. The molecule has 1 aliphatic rings. The molecule has 5 heteroatoms. The van der Waals surface area contributed by atoms with Crippen LogP contribution in [-0.2, 0) is 6.42 Å². The minimum atomic E-state index is -0.144. The van der Waals surface area contributed by atoms with E-state index in [1.165, 1.54) is 5.56 Å². The molecular weight excluding hydrogens is 320 g/mol. The van der Waals surface area contributed by atoms with Gasteiger partial charge in [-0.25, -0.2) is 4.98 Å². The van der Waals surface area contributed by atoms with Crippen LogP contribution in [0.1, 0.15) is 12.0 Å². The van der Waals surface area contributed by atoms with Crippen molar-refractivity contribution in [3.8, 4) is 10.9 Å². The highest BCUT2D eigenvalue weighted by Gasteiger charge is 2.19. The number of β-amino-alcohol motifs (C(OH)–C–C–N with tert-alkyl or cyclic N) is 1. The van der Waals surface area contributed by atoms with Gasteiger partial charge >= 0.3 is 0 Å². The van der Waals surface area contributed by atoms with Crippen LogP contribution in [0.4, 0.5) is 0 Å². The number of thiazole rings is 1. The molecule has 2 aromatic carbocycles. The number of benzene rings is 2. The molecule has 24 heavy (non-hydrogen) atoms. The number of aliphatic hydroxyl groups is 1. The van der Waals surface area contributed by atoms with E-state index in [0.717, 1.165) is 48.4 Å². The number of rotatable bonds is 5. The van der Waals surface area contributed by atoms with Crippen molar-refractivity contribution in [3.63, 3.8) is 0 Å². The average molecular weight is 340 g/mol. The molecule has 1 fully saturated rings. The van der Waals surface area contributed by atoms with E-state index >= 15 is 0 Å². The number of hydrogen-bond donors (Lipinski definition) is 1. The van der Waals surface area contributed by atoms with E-state index in [2.05, 4.69) is 28.1 Å². The summed E-state index contributed by atoms with van der Waals surface area (Å²) >= 11 is 1.56. The van der Waals surface area contributed by atoms with E-state index in [0.29, 0.717) is 5.19 Å². The summed E-state index contributed by atoms with van der Waals surface area (Å²) < 4.78 is 7.01. The van der Waals surface area contributed by atoms with Gasteiger partial charge < -0.3 is 14.7 Å². The average Bonchev–Trinajstić information content (AvgIpc) is 3.19. The van der Waals surface area contributed by atoms with Crippen LogP contribution in [0.15, 0.2) is 48.5 Å². The van der Waals surface area contributed by atoms with Crippen molar-refractivity contribution in [1.29, 1.82) is 0 Å². The second-order valence-electron chi connectivity index (χ2n) is 6.19. The highest BCUT2D eigenvalue weighted by molar-refractivity contribution is 7.20. The van der Waals surface area contributed by atoms with E-state index in [-0.39, 0.29) is 6.10 Å². The Labute approximate surface area is 145 Å². The first kappa shape index (κ1) is 15.6. The number of ether oxygens (including phenoxy) is 1. The topological polar surface area (TPSA) is 45.6 Å². The predicted octanol–water partition coefficient (Wildman–Crippen LogP) is 3.70. The van der Waals surface area contributed by atoms with Gasteiger partial charge in [-0.2, -0.15) is 0 Å². The minimum Gasteiger partial charge on any atom is -0.431 e. The fourth-order valence-corrected chi connectivity index (χ4v) is 3.86. The van der Waals surface area contributed by atoms with E-state index in [1.54, 1.807) is 11.3 Å². The summed E-state index contributed by atoms with van der Waals surface area (Å²) in [6.07, 6.45) is 1.75. The third-order valence-electron chi connectivity index (χ3n) is 4.37. The number of aromatic nitrogens is 1. The van der Waals surface area contributed by atoms with Gasteiger partial charge in [-0.3, -0.25) is 0 Å². The minimum absolute atomic E-state index is 0.144. The molecule has 2 heterocycles. The lowest BCUT2D eigenvalue weighted by atomic mass is 10.1. The zero-order valence-corrected chi connectivity index (χ0v) is 14.2. The number of hydrogen-bond acceptors (Lipinski definition) is 5. The Bertz CT molecular complexity index is 783. The Balaban J connectivity index is 1.36. The van der Waals surface area contributed by atoms with Gasteiger partial charge in [0.05, 0.1) is 16.3 Å². The van der Waals surface area contributed by atoms with Crippen LogP contribution in [0.25, 0.3) is 10.2 Å². The maximum absolute atomic E-state index is 9.56. The largest absolute Gasteiger partial charge is 0.431 e. The molecule has 124 valence electrons. The highest BCUT2D eigenvalue weighted by Crippen LogP contribution is 2.31. The maximum atomic E-state index is 9.56. The van der Waals surface area contributed by atoms with Gasteiger partial charge in [-0.05, 0) is 42.7 Å². The number of nitrogens with zero attached hydrogens (tertiary/aromatic N) is 2. The van der Waals surface area contributed by atoms with Crippen molar-refractivity contribution >= 4 is 21.6 Å². The molecular formula is C19H20N2O2S. The van der Waals surface area contributed by atoms with Crippen LogP contribution < -0.4 is 4.74 Å². The summed E-state index contributed by atoms with van der Waals surface area (Å²) in [5.41, 5.74) is 2.26. The Morgan fingerprint density at radius 1 is 1.17 bits per heavy atom. The maximum Gasteiger partial charge on any atom is 0.279 e. The first-order valence-corrected chi connectivity index (χ1v) is 9.11. The number of fused-ring (bicyclic) bond motifs is 1. The van der Waals surface area contributed by atoms with Crippen LogP contribution in [0.5, 0.6) is 10.9 Å². The van der Waals surface area contributed by atoms with Crippen LogP contribution >= 0.6 is 11.3 Å². The number of likely N-dealkylation sites (tertiary alicyclic amines) is 1. The fourth-order valence-electron chi connectivity index (χ4n) is 3.02. The summed E-state index contributed by atoms with van der Waals surface area (Å²) in [6, 6.07) is 16.3. The number of aliphatic hydroxyl groups excluding tert-OH is 1. The Kier molecular flexibility index (Phi) is 4.47. The fraction of sp³-hybridized carbons (Fsp3) is 0.316. The van der Waals surface area contributed by atoms with Crippen molar-refractivity contribution in [2.24, 2.45) is 0 Å². The zero-order chi connectivity index (χ0) is 16.4. The van der Waals surface area contributed by atoms with Crippen molar-refractivity contribution < 1.29 is 9.84 Å². The molecule has 0 unspecified atom stereocenters. The molecule has 0 aliphatic carbocycles. The van der Waals surface area contributed by atoms with Gasteiger partial charge in [0.2, 0.25) is 0 Å². The molecule has 1 aromatic heterocycles. The summed E-state index contributed by atoms with van der Waals surface area (Å²) in [7, 11) is 0. The first-order chi connectivity index (χ1) is 11.8. The standard InChI is InChI=1S/C19H20N2O2S/c22-15-10-12-21(13-15)11-9-14-5-7-16(8-6-14)23-19-20-17-3-1-2-4-18(17)24-19/h1-8,15,22H,9-13H2/t15-/m0/s1. The summed E-state index contributed by atoms with van der Waals surface area (Å²) in [5, 5.41) is 10.2. The van der Waals surface area contributed by atoms with Crippen LogP contribution in [0.2, 0.25) is 0 Å². The number of para-hydroxylation sites is 1. The predicted molar refractivity (Wildman–Crippen MR) is 96.9 cm³/mol. The van der Waals surface area contributed by atoms with Crippen molar-refractivity contribution in [2.75, 3.05) is 19.6 Å². The van der Waals surface area contributed by atoms with Crippen molar-refractivity contribution in [3.05, 3.63) is 54.1 Å². The summed E-state index contributed by atoms with van der Waals surface area (Å²) in [5.74, 6) is 0.814. The lowest BCUT2D eigenvalue weighted by Gasteiger charge is -2.14. The zero-order valence-electron chi connectivity index (χ0n) is 13.4. The van der Waals surface area contributed by atoms with Crippen molar-refractivity contribution in [2.45, 2.75) is 18.9 Å². The molecule has 1 atom stereocenters. The van der Waals surface area contributed by atoms with E-state index < -0.39 is 0 Å². The molecule has 4 rings (SSSR count).